The molecule has 0 saturated heterocycles. The topological polar surface area (TPSA) is 57.4 Å². The number of pyridine rings is 1. The van der Waals surface area contributed by atoms with E-state index in [2.05, 4.69) is 4.98 Å². The first-order valence-electron chi connectivity index (χ1n) is 5.78. The van der Waals surface area contributed by atoms with E-state index in [-0.39, 0.29) is 0 Å². The first-order valence-corrected chi connectivity index (χ1v) is 6.77. The molecule has 2 rings (SSSR count). The number of hydrogen-bond donors (Lipinski definition) is 1. The number of nitrogens with zero attached hydrogens (tertiary/aromatic N) is 1. The van der Waals surface area contributed by atoms with Crippen LogP contribution in [0, 0.1) is 0 Å². The molecule has 0 aliphatic heterocycles. The molecule has 0 bridgehead atoms. The first kappa shape index (κ1) is 13.5. The van der Waals surface area contributed by atoms with Crippen LogP contribution in [0.25, 0.3) is 0 Å². The summed E-state index contributed by atoms with van der Waals surface area (Å²) in [6, 6.07) is 9.55. The number of methoxy groups -OCH3 is 2. The van der Waals surface area contributed by atoms with Crippen molar-refractivity contribution in [2.24, 2.45) is 0 Å². The van der Waals surface area contributed by atoms with Gasteiger partial charge >= 0.3 is 0 Å². The second-order valence-electron chi connectivity index (χ2n) is 3.88. The molecule has 0 atom stereocenters. The lowest BCUT2D eigenvalue weighted by molar-refractivity contribution is 0.354. The summed E-state index contributed by atoms with van der Waals surface area (Å²) in [6.45, 7) is 0. The lowest BCUT2D eigenvalue weighted by Gasteiger charge is -2.09. The second-order valence-corrected chi connectivity index (χ2v) is 4.84. The normalized spacial score (nSPS) is 10.2. The van der Waals surface area contributed by atoms with Crippen LogP contribution in [0.15, 0.2) is 41.6 Å². The molecule has 0 fully saturated rings. The second kappa shape index (κ2) is 6.33. The fourth-order valence-corrected chi connectivity index (χ4v) is 2.50. The van der Waals surface area contributed by atoms with Crippen molar-refractivity contribution in [3.8, 4) is 11.5 Å². The van der Waals surface area contributed by atoms with Gasteiger partial charge in [0.05, 0.1) is 19.9 Å². The van der Waals surface area contributed by atoms with Gasteiger partial charge in [-0.05, 0) is 29.8 Å². The van der Waals surface area contributed by atoms with Crippen molar-refractivity contribution in [2.45, 2.75) is 10.8 Å². The Balaban J connectivity index is 2.10. The molecule has 0 aliphatic carbocycles. The van der Waals surface area contributed by atoms with Crippen molar-refractivity contribution in [1.82, 2.24) is 4.98 Å². The van der Waals surface area contributed by atoms with E-state index < -0.39 is 0 Å². The monoisotopic (exact) mass is 276 g/mol. The van der Waals surface area contributed by atoms with Crippen molar-refractivity contribution in [2.75, 3.05) is 20.0 Å². The lowest BCUT2D eigenvalue weighted by atomic mass is 10.2. The minimum absolute atomic E-state index is 0.702. The fraction of sp³-hybridized carbons (Fsp3) is 0.214. The Morgan fingerprint density at radius 1 is 1.16 bits per heavy atom. The van der Waals surface area contributed by atoms with Crippen molar-refractivity contribution >= 4 is 17.4 Å². The zero-order chi connectivity index (χ0) is 13.7. The maximum atomic E-state index is 5.86. The van der Waals surface area contributed by atoms with Crippen LogP contribution in [0.5, 0.6) is 11.5 Å². The third kappa shape index (κ3) is 3.32. The van der Waals surface area contributed by atoms with E-state index in [1.54, 1.807) is 32.2 Å². The smallest absolute Gasteiger partial charge is 0.161 e. The van der Waals surface area contributed by atoms with E-state index >= 15 is 0 Å². The highest BCUT2D eigenvalue weighted by atomic mass is 32.2. The van der Waals surface area contributed by atoms with Gasteiger partial charge in [-0.3, -0.25) is 0 Å². The number of nitrogens with two attached hydrogens (primary N) is 1. The van der Waals surface area contributed by atoms with Crippen LogP contribution in [0.2, 0.25) is 0 Å². The van der Waals surface area contributed by atoms with E-state index in [0.717, 1.165) is 27.8 Å². The van der Waals surface area contributed by atoms with Crippen LogP contribution in [0.3, 0.4) is 0 Å². The van der Waals surface area contributed by atoms with E-state index in [0.29, 0.717) is 5.69 Å². The number of benzene rings is 1. The highest BCUT2D eigenvalue weighted by Crippen LogP contribution is 2.31. The molecule has 1 heterocycles. The molecule has 2 N–H and O–H groups in total. The Morgan fingerprint density at radius 3 is 2.63 bits per heavy atom. The molecular formula is C14H16N2O2S. The van der Waals surface area contributed by atoms with E-state index in [9.17, 15) is 0 Å². The minimum atomic E-state index is 0.702. The van der Waals surface area contributed by atoms with Crippen LogP contribution in [-0.2, 0) is 5.75 Å². The molecule has 0 saturated carbocycles. The average Bonchev–Trinajstić information content (AvgIpc) is 2.46. The number of thioether (sulfide) groups is 1. The fourth-order valence-electron chi connectivity index (χ4n) is 1.65. The number of ether oxygens (including phenoxy) is 2. The van der Waals surface area contributed by atoms with Crippen LogP contribution < -0.4 is 15.2 Å². The number of rotatable bonds is 5. The molecule has 0 unspecified atom stereocenters. The Hall–Kier alpha value is -1.88. The van der Waals surface area contributed by atoms with Crippen LogP contribution in [0.4, 0.5) is 5.69 Å². The molecule has 0 amide bonds. The van der Waals surface area contributed by atoms with Crippen molar-refractivity contribution in [1.29, 1.82) is 0 Å². The van der Waals surface area contributed by atoms with Crippen molar-refractivity contribution in [3.05, 3.63) is 42.1 Å². The molecular weight excluding hydrogens is 260 g/mol. The highest BCUT2D eigenvalue weighted by Gasteiger charge is 2.06. The molecule has 19 heavy (non-hydrogen) atoms. The molecule has 0 aliphatic rings. The largest absolute Gasteiger partial charge is 0.493 e. The predicted octanol–water partition coefficient (Wildman–Crippen LogP) is 2.97. The Bertz CT molecular complexity index is 561. The van der Waals surface area contributed by atoms with Gasteiger partial charge < -0.3 is 15.2 Å². The molecule has 0 radical (unpaired) electrons. The van der Waals surface area contributed by atoms with Gasteiger partial charge in [0.15, 0.2) is 11.5 Å². The Kier molecular flexibility index (Phi) is 4.52. The van der Waals surface area contributed by atoms with Gasteiger partial charge in [-0.2, -0.15) is 0 Å². The SMILES string of the molecule is COc1ccc(CSc2ncccc2N)cc1OC. The summed E-state index contributed by atoms with van der Waals surface area (Å²) in [4.78, 5) is 4.25. The maximum Gasteiger partial charge on any atom is 0.161 e. The standard InChI is InChI=1S/C14H16N2O2S/c1-17-12-6-5-10(8-13(12)18-2)9-19-14-11(15)4-3-7-16-14/h3-8H,9,15H2,1-2H3. The molecule has 2 aromatic rings. The lowest BCUT2D eigenvalue weighted by Crippen LogP contribution is -1.93. The highest BCUT2D eigenvalue weighted by molar-refractivity contribution is 7.98. The maximum absolute atomic E-state index is 5.86. The van der Waals surface area contributed by atoms with E-state index in [1.807, 2.05) is 30.3 Å². The van der Waals surface area contributed by atoms with E-state index in [1.165, 1.54) is 0 Å². The third-order valence-electron chi connectivity index (χ3n) is 2.62. The van der Waals surface area contributed by atoms with Gasteiger partial charge in [0, 0.05) is 11.9 Å². The zero-order valence-corrected chi connectivity index (χ0v) is 11.7. The molecule has 5 heteroatoms. The zero-order valence-electron chi connectivity index (χ0n) is 10.9. The third-order valence-corrected chi connectivity index (χ3v) is 3.72. The van der Waals surface area contributed by atoms with E-state index in [4.69, 9.17) is 15.2 Å². The van der Waals surface area contributed by atoms with Crippen LogP contribution >= 0.6 is 11.8 Å². The number of aromatic nitrogens is 1. The summed E-state index contributed by atoms with van der Waals surface area (Å²) in [5, 5.41) is 0.845. The molecule has 4 nitrogen and oxygen atoms in total. The van der Waals surface area contributed by atoms with Gasteiger partial charge in [0.25, 0.3) is 0 Å². The molecule has 0 spiro atoms. The molecule has 1 aromatic heterocycles. The van der Waals surface area contributed by atoms with Crippen molar-refractivity contribution in [3.63, 3.8) is 0 Å². The van der Waals surface area contributed by atoms with Crippen LogP contribution in [0.1, 0.15) is 5.56 Å². The summed E-state index contributed by atoms with van der Waals surface area (Å²) in [7, 11) is 3.26. The van der Waals surface area contributed by atoms with Gasteiger partial charge in [-0.1, -0.05) is 17.8 Å². The summed E-state index contributed by atoms with van der Waals surface area (Å²) >= 11 is 1.60. The van der Waals surface area contributed by atoms with Gasteiger partial charge in [0.2, 0.25) is 0 Å². The van der Waals surface area contributed by atoms with Gasteiger partial charge in [-0.25, -0.2) is 4.98 Å². The van der Waals surface area contributed by atoms with Crippen LogP contribution in [-0.4, -0.2) is 19.2 Å². The Labute approximate surface area is 116 Å². The van der Waals surface area contributed by atoms with Gasteiger partial charge in [-0.15, -0.1) is 0 Å². The van der Waals surface area contributed by atoms with Crippen molar-refractivity contribution < 1.29 is 9.47 Å². The summed E-state index contributed by atoms with van der Waals surface area (Å²) in [6.07, 6.45) is 1.74. The quantitative estimate of drug-likeness (QED) is 0.851. The molecule has 100 valence electrons. The molecule has 1 aromatic carbocycles. The minimum Gasteiger partial charge on any atom is -0.493 e. The predicted molar refractivity (Wildman–Crippen MR) is 77.8 cm³/mol. The average molecular weight is 276 g/mol. The summed E-state index contributed by atoms with van der Waals surface area (Å²) in [5.74, 6) is 2.24. The van der Waals surface area contributed by atoms with Gasteiger partial charge in [0.1, 0.15) is 5.03 Å². The number of hydrogen-bond acceptors (Lipinski definition) is 5. The number of anilines is 1. The Morgan fingerprint density at radius 2 is 1.95 bits per heavy atom. The first-order chi connectivity index (χ1) is 9.24. The number of nitrogen functional groups attached to an aromatic ring is 1. The summed E-state index contributed by atoms with van der Waals surface area (Å²) < 4.78 is 10.5. The summed E-state index contributed by atoms with van der Waals surface area (Å²) in [5.41, 5.74) is 7.69.